The topological polar surface area (TPSA) is 80.3 Å². The van der Waals surface area contributed by atoms with E-state index in [4.69, 9.17) is 4.74 Å². The van der Waals surface area contributed by atoms with Crippen molar-refractivity contribution in [1.29, 1.82) is 0 Å². The minimum absolute atomic E-state index is 0.123. The lowest BCUT2D eigenvalue weighted by Crippen LogP contribution is -2.22. The molecular formula is C20H27N3O3S. The number of rotatable bonds is 6. The summed E-state index contributed by atoms with van der Waals surface area (Å²) in [4.78, 5) is 4.48. The maximum absolute atomic E-state index is 12.8. The van der Waals surface area contributed by atoms with Crippen LogP contribution in [0.1, 0.15) is 43.2 Å². The van der Waals surface area contributed by atoms with Gasteiger partial charge in [0.25, 0.3) is 10.0 Å². The average Bonchev–Trinajstić information content (AvgIpc) is 2.65. The molecule has 0 spiro atoms. The molecule has 146 valence electrons. The van der Waals surface area contributed by atoms with Crippen LogP contribution in [0.2, 0.25) is 0 Å². The largest absolute Gasteiger partial charge is 0.495 e. The standard InChI is InChI=1S/C20H27N3O3S/c1-14-11-18(26-3)19(12-15(14)2)27(24,25)23-17-9-10-20(21-13-17)22-16-7-5-4-6-8-16/h9-13,16,23H,4-8H2,1-3H3,(H,21,22). The predicted molar refractivity (Wildman–Crippen MR) is 108 cm³/mol. The van der Waals surface area contributed by atoms with Gasteiger partial charge >= 0.3 is 0 Å². The summed E-state index contributed by atoms with van der Waals surface area (Å²) >= 11 is 0. The van der Waals surface area contributed by atoms with E-state index in [1.165, 1.54) is 32.6 Å². The lowest BCUT2D eigenvalue weighted by Gasteiger charge is -2.23. The second-order valence-electron chi connectivity index (χ2n) is 7.10. The van der Waals surface area contributed by atoms with E-state index in [1.54, 1.807) is 18.2 Å². The summed E-state index contributed by atoms with van der Waals surface area (Å²) in [6, 6.07) is 7.35. The fourth-order valence-electron chi connectivity index (χ4n) is 3.34. The highest BCUT2D eigenvalue weighted by atomic mass is 32.2. The molecule has 0 amide bonds. The average molecular weight is 390 g/mol. The van der Waals surface area contributed by atoms with E-state index in [1.807, 2.05) is 19.9 Å². The van der Waals surface area contributed by atoms with Crippen LogP contribution in [-0.2, 0) is 10.0 Å². The summed E-state index contributed by atoms with van der Waals surface area (Å²) in [7, 11) is -2.30. The Labute approximate surface area is 161 Å². The second kappa shape index (κ2) is 8.17. The van der Waals surface area contributed by atoms with Crippen molar-refractivity contribution in [2.45, 2.75) is 56.9 Å². The van der Waals surface area contributed by atoms with Crippen LogP contribution in [0.4, 0.5) is 11.5 Å². The first-order valence-electron chi connectivity index (χ1n) is 9.29. The molecule has 0 aliphatic heterocycles. The number of benzene rings is 1. The number of sulfonamides is 1. The highest BCUT2D eigenvalue weighted by Gasteiger charge is 2.21. The molecule has 0 saturated heterocycles. The van der Waals surface area contributed by atoms with Crippen LogP contribution >= 0.6 is 0 Å². The number of methoxy groups -OCH3 is 1. The van der Waals surface area contributed by atoms with Gasteiger partial charge in [0.1, 0.15) is 16.5 Å². The van der Waals surface area contributed by atoms with Gasteiger partial charge in [0, 0.05) is 6.04 Å². The number of nitrogens with one attached hydrogen (secondary N) is 2. The highest BCUT2D eigenvalue weighted by Crippen LogP contribution is 2.29. The molecule has 7 heteroatoms. The molecule has 27 heavy (non-hydrogen) atoms. The van der Waals surface area contributed by atoms with Gasteiger partial charge in [0.05, 0.1) is 19.0 Å². The summed E-state index contributed by atoms with van der Waals surface area (Å²) in [5, 5.41) is 3.43. The number of aromatic nitrogens is 1. The number of aryl methyl sites for hydroxylation is 2. The monoisotopic (exact) mass is 389 g/mol. The summed E-state index contributed by atoms with van der Waals surface area (Å²) in [6.45, 7) is 3.80. The second-order valence-corrected chi connectivity index (χ2v) is 8.76. The lowest BCUT2D eigenvalue weighted by atomic mass is 9.95. The highest BCUT2D eigenvalue weighted by molar-refractivity contribution is 7.92. The first-order valence-corrected chi connectivity index (χ1v) is 10.8. The van der Waals surface area contributed by atoms with Crippen LogP contribution in [0.3, 0.4) is 0 Å². The van der Waals surface area contributed by atoms with Crippen molar-refractivity contribution >= 4 is 21.5 Å². The smallest absolute Gasteiger partial charge is 0.265 e. The third-order valence-electron chi connectivity index (χ3n) is 5.04. The van der Waals surface area contributed by atoms with Gasteiger partial charge in [-0.2, -0.15) is 0 Å². The number of anilines is 2. The molecular weight excluding hydrogens is 362 g/mol. The van der Waals surface area contributed by atoms with Gasteiger partial charge < -0.3 is 10.1 Å². The Bertz CT molecular complexity index is 889. The molecule has 1 fully saturated rings. The van der Waals surface area contributed by atoms with Crippen molar-refractivity contribution in [3.63, 3.8) is 0 Å². The number of hydrogen-bond donors (Lipinski definition) is 2. The molecule has 6 nitrogen and oxygen atoms in total. The van der Waals surface area contributed by atoms with Crippen molar-refractivity contribution < 1.29 is 13.2 Å². The van der Waals surface area contributed by atoms with Gasteiger partial charge in [0.2, 0.25) is 0 Å². The van der Waals surface area contributed by atoms with Crippen molar-refractivity contribution in [3.05, 3.63) is 41.6 Å². The molecule has 1 aliphatic carbocycles. The zero-order valence-corrected chi connectivity index (χ0v) is 16.9. The third kappa shape index (κ3) is 4.71. The Hall–Kier alpha value is -2.28. The molecule has 2 N–H and O–H groups in total. The van der Waals surface area contributed by atoms with E-state index in [2.05, 4.69) is 15.0 Å². The molecule has 2 aromatic rings. The summed E-state index contributed by atoms with van der Waals surface area (Å²) < 4.78 is 33.5. The molecule has 0 bridgehead atoms. The van der Waals surface area contributed by atoms with E-state index in [0.717, 1.165) is 29.8 Å². The van der Waals surface area contributed by atoms with E-state index >= 15 is 0 Å². The molecule has 1 aromatic carbocycles. The first-order chi connectivity index (χ1) is 12.9. The normalized spacial score (nSPS) is 15.4. The number of nitrogens with zero attached hydrogens (tertiary/aromatic N) is 1. The van der Waals surface area contributed by atoms with Gasteiger partial charge in [-0.05, 0) is 62.1 Å². The maximum atomic E-state index is 12.8. The zero-order valence-electron chi connectivity index (χ0n) is 16.1. The molecule has 0 radical (unpaired) electrons. The molecule has 1 heterocycles. The third-order valence-corrected chi connectivity index (χ3v) is 6.44. The van der Waals surface area contributed by atoms with E-state index < -0.39 is 10.0 Å². The number of pyridine rings is 1. The van der Waals surface area contributed by atoms with E-state index in [9.17, 15) is 8.42 Å². The van der Waals surface area contributed by atoms with Gasteiger partial charge in [0.15, 0.2) is 0 Å². The van der Waals surface area contributed by atoms with Gasteiger partial charge in [-0.1, -0.05) is 19.3 Å². The molecule has 0 atom stereocenters. The lowest BCUT2D eigenvalue weighted by molar-refractivity contribution is 0.402. The van der Waals surface area contributed by atoms with Crippen LogP contribution in [0.15, 0.2) is 35.4 Å². The fraction of sp³-hybridized carbons (Fsp3) is 0.450. The molecule has 1 saturated carbocycles. The summed E-state index contributed by atoms with van der Waals surface area (Å²) in [5.74, 6) is 1.10. The summed E-state index contributed by atoms with van der Waals surface area (Å²) in [5.41, 5.74) is 2.29. The Morgan fingerprint density at radius 3 is 2.41 bits per heavy atom. The van der Waals surface area contributed by atoms with Crippen LogP contribution < -0.4 is 14.8 Å². The van der Waals surface area contributed by atoms with Crippen molar-refractivity contribution in [2.75, 3.05) is 17.1 Å². The first kappa shape index (κ1) is 19.5. The van der Waals surface area contributed by atoms with Crippen LogP contribution in [-0.4, -0.2) is 26.6 Å². The van der Waals surface area contributed by atoms with E-state index in [-0.39, 0.29) is 4.90 Å². The molecule has 1 aromatic heterocycles. The van der Waals surface area contributed by atoms with E-state index in [0.29, 0.717) is 17.5 Å². The van der Waals surface area contributed by atoms with Crippen molar-refractivity contribution in [1.82, 2.24) is 4.98 Å². The molecule has 3 rings (SSSR count). The predicted octanol–water partition coefficient (Wildman–Crippen LogP) is 4.25. The minimum Gasteiger partial charge on any atom is -0.495 e. The Balaban J connectivity index is 1.75. The maximum Gasteiger partial charge on any atom is 0.265 e. The van der Waals surface area contributed by atoms with Crippen LogP contribution in [0.5, 0.6) is 5.75 Å². The fourth-order valence-corrected chi connectivity index (χ4v) is 4.62. The number of ether oxygens (including phenoxy) is 1. The number of hydrogen-bond acceptors (Lipinski definition) is 5. The van der Waals surface area contributed by atoms with Crippen molar-refractivity contribution in [3.8, 4) is 5.75 Å². The van der Waals surface area contributed by atoms with Crippen LogP contribution in [0, 0.1) is 13.8 Å². The van der Waals surface area contributed by atoms with Gasteiger partial charge in [-0.25, -0.2) is 13.4 Å². The zero-order chi connectivity index (χ0) is 19.4. The van der Waals surface area contributed by atoms with Crippen molar-refractivity contribution in [2.24, 2.45) is 0 Å². The SMILES string of the molecule is COc1cc(C)c(C)cc1S(=O)(=O)Nc1ccc(NC2CCCCC2)nc1. The Morgan fingerprint density at radius 1 is 1.07 bits per heavy atom. The molecule has 0 unspecified atom stereocenters. The summed E-state index contributed by atoms with van der Waals surface area (Å²) in [6.07, 6.45) is 7.64. The Morgan fingerprint density at radius 2 is 1.78 bits per heavy atom. The quantitative estimate of drug-likeness (QED) is 0.772. The van der Waals surface area contributed by atoms with Gasteiger partial charge in [-0.3, -0.25) is 4.72 Å². The Kier molecular flexibility index (Phi) is 5.89. The molecule has 1 aliphatic rings. The van der Waals surface area contributed by atoms with Gasteiger partial charge in [-0.15, -0.1) is 0 Å². The van der Waals surface area contributed by atoms with Crippen LogP contribution in [0.25, 0.3) is 0 Å². The minimum atomic E-state index is -3.77.